The van der Waals surface area contributed by atoms with Gasteiger partial charge in [0.15, 0.2) is 0 Å². The number of nitrogens with zero attached hydrogens (tertiary/aromatic N) is 2. The zero-order valence-corrected chi connectivity index (χ0v) is 16.5. The van der Waals surface area contributed by atoms with Crippen LogP contribution in [-0.4, -0.2) is 43.9 Å². The second-order valence-electron chi connectivity index (χ2n) is 6.65. The van der Waals surface area contributed by atoms with Gasteiger partial charge in [0, 0.05) is 32.0 Å². The van der Waals surface area contributed by atoms with Gasteiger partial charge in [0.05, 0.1) is 17.5 Å². The molecule has 1 saturated heterocycles. The van der Waals surface area contributed by atoms with E-state index in [0.29, 0.717) is 36.9 Å². The number of rotatable bonds is 8. The number of unbranched alkanes of at least 4 members (excludes halogenated alkanes) is 2. The maximum atomic E-state index is 13.2. The second kappa shape index (κ2) is 9.30. The highest BCUT2D eigenvalue weighted by Gasteiger charge is 2.34. The van der Waals surface area contributed by atoms with E-state index >= 15 is 0 Å². The lowest BCUT2D eigenvalue weighted by atomic mass is 10.1. The summed E-state index contributed by atoms with van der Waals surface area (Å²) in [5.74, 6) is 0.703. The molecule has 0 radical (unpaired) electrons. The highest BCUT2D eigenvalue weighted by atomic mass is 32.2. The van der Waals surface area contributed by atoms with Crippen LogP contribution in [0.15, 0.2) is 53.7 Å². The van der Waals surface area contributed by atoms with Gasteiger partial charge in [-0.15, -0.1) is 0 Å². The van der Waals surface area contributed by atoms with Crippen molar-refractivity contribution in [3.63, 3.8) is 0 Å². The lowest BCUT2D eigenvalue weighted by Gasteiger charge is -2.35. The molecular formula is C20H27N3O3S. The lowest BCUT2D eigenvalue weighted by molar-refractivity contribution is 0.271. The molecule has 7 heteroatoms. The number of ether oxygens (including phenoxy) is 1. The molecule has 0 bridgehead atoms. The number of piperazine rings is 1. The smallest absolute Gasteiger partial charge is 0.243 e. The lowest BCUT2D eigenvalue weighted by Crippen LogP contribution is -2.48. The quantitative estimate of drug-likeness (QED) is 0.703. The van der Waals surface area contributed by atoms with Crippen LogP contribution < -0.4 is 10.1 Å². The third-order valence-electron chi connectivity index (χ3n) is 4.71. The Hall–Kier alpha value is -1.96. The molecule has 0 aliphatic carbocycles. The third-order valence-corrected chi connectivity index (χ3v) is 6.63. The highest BCUT2D eigenvalue weighted by Crippen LogP contribution is 2.29. The summed E-state index contributed by atoms with van der Waals surface area (Å²) >= 11 is 0. The highest BCUT2D eigenvalue weighted by molar-refractivity contribution is 7.89. The molecule has 0 amide bonds. The van der Waals surface area contributed by atoms with E-state index in [0.717, 1.165) is 24.8 Å². The molecule has 146 valence electrons. The van der Waals surface area contributed by atoms with Crippen molar-refractivity contribution in [2.24, 2.45) is 0 Å². The predicted octanol–water partition coefficient (Wildman–Crippen LogP) is 2.99. The number of hydrogen-bond acceptors (Lipinski definition) is 5. The molecule has 1 aliphatic heterocycles. The van der Waals surface area contributed by atoms with Gasteiger partial charge >= 0.3 is 0 Å². The molecular weight excluding hydrogens is 362 g/mol. The van der Waals surface area contributed by atoms with Gasteiger partial charge in [-0.3, -0.25) is 4.98 Å². The van der Waals surface area contributed by atoms with Crippen LogP contribution in [0, 0.1) is 0 Å². The van der Waals surface area contributed by atoms with Crippen molar-refractivity contribution in [2.75, 3.05) is 26.2 Å². The van der Waals surface area contributed by atoms with E-state index in [-0.39, 0.29) is 6.04 Å². The van der Waals surface area contributed by atoms with E-state index in [1.165, 1.54) is 0 Å². The standard InChI is InChI=1S/C20H27N3O3S/c1-2-3-4-14-26-18-7-9-19(10-8-18)27(24,25)23-13-12-22-16-20(23)17-6-5-11-21-15-17/h5-11,15,20,22H,2-4,12-14,16H2,1H3. The van der Waals surface area contributed by atoms with E-state index in [4.69, 9.17) is 4.74 Å². The number of nitrogens with one attached hydrogen (secondary N) is 1. The van der Waals surface area contributed by atoms with Crippen LogP contribution in [0.1, 0.15) is 37.8 Å². The Morgan fingerprint density at radius 2 is 2.04 bits per heavy atom. The van der Waals surface area contributed by atoms with E-state index in [1.54, 1.807) is 41.0 Å². The van der Waals surface area contributed by atoms with Gasteiger partial charge in [-0.25, -0.2) is 8.42 Å². The van der Waals surface area contributed by atoms with Crippen molar-refractivity contribution in [1.29, 1.82) is 0 Å². The third kappa shape index (κ3) is 4.86. The van der Waals surface area contributed by atoms with Crippen LogP contribution in [0.4, 0.5) is 0 Å². The minimum Gasteiger partial charge on any atom is -0.494 e. The maximum Gasteiger partial charge on any atom is 0.243 e. The summed E-state index contributed by atoms with van der Waals surface area (Å²) in [6.45, 7) is 4.44. The normalized spacial score (nSPS) is 18.3. The van der Waals surface area contributed by atoms with Crippen LogP contribution in [0.5, 0.6) is 5.75 Å². The number of pyridine rings is 1. The minimum atomic E-state index is -3.60. The summed E-state index contributed by atoms with van der Waals surface area (Å²) in [6, 6.07) is 10.2. The number of hydrogen-bond donors (Lipinski definition) is 1. The summed E-state index contributed by atoms with van der Waals surface area (Å²) in [6.07, 6.45) is 6.70. The molecule has 27 heavy (non-hydrogen) atoms. The first-order chi connectivity index (χ1) is 13.1. The second-order valence-corrected chi connectivity index (χ2v) is 8.54. The van der Waals surface area contributed by atoms with Gasteiger partial charge in [0.2, 0.25) is 10.0 Å². The monoisotopic (exact) mass is 389 g/mol. The van der Waals surface area contributed by atoms with Gasteiger partial charge in [0.1, 0.15) is 5.75 Å². The summed E-state index contributed by atoms with van der Waals surface area (Å²) < 4.78 is 33.7. The molecule has 2 heterocycles. The van der Waals surface area contributed by atoms with Gasteiger partial charge < -0.3 is 10.1 Å². The molecule has 1 unspecified atom stereocenters. The minimum absolute atomic E-state index is 0.262. The van der Waals surface area contributed by atoms with Gasteiger partial charge in [-0.05, 0) is 42.3 Å². The van der Waals surface area contributed by atoms with Crippen LogP contribution >= 0.6 is 0 Å². The predicted molar refractivity (Wildman–Crippen MR) is 105 cm³/mol. The average molecular weight is 390 g/mol. The van der Waals surface area contributed by atoms with Crippen LogP contribution in [0.3, 0.4) is 0 Å². The first-order valence-electron chi connectivity index (χ1n) is 9.48. The first kappa shape index (κ1) is 19.8. The van der Waals surface area contributed by atoms with Gasteiger partial charge in [-0.2, -0.15) is 4.31 Å². The molecule has 0 saturated carbocycles. The fourth-order valence-electron chi connectivity index (χ4n) is 3.22. The van der Waals surface area contributed by atoms with Crippen molar-refractivity contribution in [1.82, 2.24) is 14.6 Å². The fourth-order valence-corrected chi connectivity index (χ4v) is 4.83. The fraction of sp³-hybridized carbons (Fsp3) is 0.450. The molecule has 6 nitrogen and oxygen atoms in total. The van der Waals surface area contributed by atoms with E-state index in [9.17, 15) is 8.42 Å². The number of benzene rings is 1. The van der Waals surface area contributed by atoms with Crippen LogP contribution in [-0.2, 0) is 10.0 Å². The van der Waals surface area contributed by atoms with E-state index in [1.807, 2.05) is 12.1 Å². The maximum absolute atomic E-state index is 13.2. The Morgan fingerprint density at radius 1 is 1.22 bits per heavy atom. The zero-order valence-electron chi connectivity index (χ0n) is 15.7. The summed E-state index contributed by atoms with van der Waals surface area (Å²) in [5, 5.41) is 3.28. The Kier molecular flexibility index (Phi) is 6.82. The molecule has 1 fully saturated rings. The largest absolute Gasteiger partial charge is 0.494 e. The molecule has 0 spiro atoms. The van der Waals surface area contributed by atoms with E-state index < -0.39 is 10.0 Å². The molecule has 1 aliphatic rings. The Bertz CT molecular complexity index is 810. The summed E-state index contributed by atoms with van der Waals surface area (Å²) in [4.78, 5) is 4.43. The summed E-state index contributed by atoms with van der Waals surface area (Å²) in [7, 11) is -3.60. The zero-order chi connectivity index (χ0) is 19.1. The summed E-state index contributed by atoms with van der Waals surface area (Å²) in [5.41, 5.74) is 0.893. The average Bonchev–Trinajstić information content (AvgIpc) is 2.72. The van der Waals surface area contributed by atoms with Crippen molar-refractivity contribution in [3.05, 3.63) is 54.4 Å². The molecule has 1 atom stereocenters. The molecule has 2 aromatic rings. The van der Waals surface area contributed by atoms with Crippen molar-refractivity contribution < 1.29 is 13.2 Å². The Morgan fingerprint density at radius 3 is 2.74 bits per heavy atom. The van der Waals surface area contributed by atoms with Crippen molar-refractivity contribution in [2.45, 2.75) is 37.1 Å². The van der Waals surface area contributed by atoms with Crippen LogP contribution in [0.25, 0.3) is 0 Å². The topological polar surface area (TPSA) is 71.5 Å². The number of sulfonamides is 1. The Labute approximate surface area is 161 Å². The SMILES string of the molecule is CCCCCOc1ccc(S(=O)(=O)N2CCNCC2c2cccnc2)cc1. The van der Waals surface area contributed by atoms with Crippen molar-refractivity contribution in [3.8, 4) is 5.75 Å². The van der Waals surface area contributed by atoms with Crippen molar-refractivity contribution >= 4 is 10.0 Å². The Balaban J connectivity index is 1.76. The molecule has 3 rings (SSSR count). The molecule has 1 N–H and O–H groups in total. The number of aromatic nitrogens is 1. The molecule has 1 aromatic heterocycles. The van der Waals surface area contributed by atoms with Gasteiger partial charge in [-0.1, -0.05) is 25.8 Å². The van der Waals surface area contributed by atoms with Gasteiger partial charge in [0.25, 0.3) is 0 Å². The molecule has 1 aromatic carbocycles. The van der Waals surface area contributed by atoms with Crippen LogP contribution in [0.2, 0.25) is 0 Å². The first-order valence-corrected chi connectivity index (χ1v) is 10.9. The van der Waals surface area contributed by atoms with E-state index in [2.05, 4.69) is 17.2 Å².